The van der Waals surface area contributed by atoms with E-state index < -0.39 is 12.0 Å². The molecule has 142 valence electrons. The van der Waals surface area contributed by atoms with Gasteiger partial charge >= 0.3 is 12.0 Å². The van der Waals surface area contributed by atoms with Crippen LogP contribution in [-0.4, -0.2) is 24.7 Å². The first-order chi connectivity index (χ1) is 12.2. The molecule has 2 amide bonds. The van der Waals surface area contributed by atoms with E-state index in [1.165, 1.54) is 0 Å². The highest BCUT2D eigenvalue weighted by atomic mass is 35.5. The molecule has 1 heterocycles. The maximum Gasteiger partial charge on any atom is 0.338 e. The molecule has 0 aromatic heterocycles. The van der Waals surface area contributed by atoms with Gasteiger partial charge in [0.05, 0.1) is 24.3 Å². The largest absolute Gasteiger partial charge is 0.491 e. The normalized spacial score (nSPS) is 17.2. The molecule has 1 atom stereocenters. The van der Waals surface area contributed by atoms with Gasteiger partial charge in [-0.15, -0.1) is 0 Å². The molecule has 1 aromatic carbocycles. The Labute approximate surface area is 158 Å². The Kier molecular flexibility index (Phi) is 6.53. The number of benzene rings is 1. The van der Waals surface area contributed by atoms with E-state index >= 15 is 0 Å². The van der Waals surface area contributed by atoms with Crippen LogP contribution in [0.15, 0.2) is 29.5 Å². The summed E-state index contributed by atoms with van der Waals surface area (Å²) in [5.41, 5.74) is 1.51. The van der Waals surface area contributed by atoms with Gasteiger partial charge in [-0.2, -0.15) is 0 Å². The summed E-state index contributed by atoms with van der Waals surface area (Å²) in [5.74, 6) is 0.00212. The van der Waals surface area contributed by atoms with Crippen LogP contribution < -0.4 is 15.4 Å². The van der Waals surface area contributed by atoms with E-state index in [9.17, 15) is 9.59 Å². The summed E-state index contributed by atoms with van der Waals surface area (Å²) in [5, 5.41) is 6.02. The first-order valence-corrected chi connectivity index (χ1v) is 9.07. The SMILES string of the molecule is CCOC(=O)C1=C(C(C)C)NC(=O)NC1c1cc(Cl)ccc1OC(C)C. The van der Waals surface area contributed by atoms with Crippen molar-refractivity contribution in [3.8, 4) is 5.75 Å². The van der Waals surface area contributed by atoms with Gasteiger partial charge in [0, 0.05) is 16.3 Å². The van der Waals surface area contributed by atoms with Crippen molar-refractivity contribution in [1.29, 1.82) is 0 Å². The lowest BCUT2D eigenvalue weighted by molar-refractivity contribution is -0.139. The Morgan fingerprint density at radius 1 is 1.27 bits per heavy atom. The zero-order chi connectivity index (χ0) is 19.4. The number of hydrogen-bond donors (Lipinski definition) is 2. The highest BCUT2D eigenvalue weighted by Crippen LogP contribution is 2.37. The summed E-state index contributed by atoms with van der Waals surface area (Å²) in [6.07, 6.45) is -0.0769. The number of urea groups is 1. The standard InChI is InChI=1S/C19H25ClN2O4/c1-6-25-18(23)15-16(10(2)3)21-19(24)22-17(15)13-9-12(20)7-8-14(13)26-11(4)5/h7-11,17H,6H2,1-5H3,(H2,21,22,24). The summed E-state index contributed by atoms with van der Waals surface area (Å²) >= 11 is 6.18. The highest BCUT2D eigenvalue weighted by molar-refractivity contribution is 6.30. The lowest BCUT2D eigenvalue weighted by Crippen LogP contribution is -2.47. The maximum atomic E-state index is 12.7. The van der Waals surface area contributed by atoms with Gasteiger partial charge < -0.3 is 20.1 Å². The minimum Gasteiger partial charge on any atom is -0.491 e. The van der Waals surface area contributed by atoms with Crippen molar-refractivity contribution in [3.05, 3.63) is 40.1 Å². The van der Waals surface area contributed by atoms with Crippen LogP contribution in [0.5, 0.6) is 5.75 Å². The lowest BCUT2D eigenvalue weighted by Gasteiger charge is -2.32. The van der Waals surface area contributed by atoms with Crippen molar-refractivity contribution in [2.45, 2.75) is 46.8 Å². The van der Waals surface area contributed by atoms with E-state index in [1.807, 2.05) is 27.7 Å². The number of carbonyl (C=O) groups is 2. The molecule has 2 N–H and O–H groups in total. The molecule has 0 radical (unpaired) electrons. The van der Waals surface area contributed by atoms with Crippen LogP contribution in [0.25, 0.3) is 0 Å². The third kappa shape index (κ3) is 4.49. The minimum atomic E-state index is -0.715. The Balaban J connectivity index is 2.64. The van der Waals surface area contributed by atoms with Gasteiger partial charge in [-0.05, 0) is 44.9 Å². The molecular formula is C19H25ClN2O4. The highest BCUT2D eigenvalue weighted by Gasteiger charge is 2.36. The fraction of sp³-hybridized carbons (Fsp3) is 0.474. The topological polar surface area (TPSA) is 76.7 Å². The molecule has 0 aliphatic carbocycles. The van der Waals surface area contributed by atoms with E-state index in [0.717, 1.165) is 0 Å². The predicted molar refractivity (Wildman–Crippen MR) is 100 cm³/mol. The number of carbonyl (C=O) groups excluding carboxylic acids is 2. The molecule has 1 aliphatic heterocycles. The number of nitrogens with one attached hydrogen (secondary N) is 2. The van der Waals surface area contributed by atoms with E-state index in [0.29, 0.717) is 27.6 Å². The van der Waals surface area contributed by atoms with Crippen LogP contribution in [0, 0.1) is 5.92 Å². The second kappa shape index (κ2) is 8.45. The van der Waals surface area contributed by atoms with Crippen LogP contribution in [0.4, 0.5) is 4.79 Å². The number of allylic oxidation sites excluding steroid dienone is 1. The molecule has 1 aliphatic rings. The molecule has 1 aromatic rings. The van der Waals surface area contributed by atoms with Crippen molar-refractivity contribution in [2.75, 3.05) is 6.61 Å². The van der Waals surface area contributed by atoms with Crippen LogP contribution in [-0.2, 0) is 9.53 Å². The average molecular weight is 381 g/mol. The van der Waals surface area contributed by atoms with Crippen molar-refractivity contribution in [3.63, 3.8) is 0 Å². The number of esters is 1. The number of amides is 2. The fourth-order valence-electron chi connectivity index (χ4n) is 2.82. The third-order valence-electron chi connectivity index (χ3n) is 3.82. The van der Waals surface area contributed by atoms with E-state index in [2.05, 4.69) is 10.6 Å². The summed E-state index contributed by atoms with van der Waals surface area (Å²) in [7, 11) is 0. The molecule has 0 spiro atoms. The van der Waals surface area contributed by atoms with Crippen molar-refractivity contribution >= 4 is 23.6 Å². The van der Waals surface area contributed by atoms with Crippen molar-refractivity contribution < 1.29 is 19.1 Å². The average Bonchev–Trinajstić information content (AvgIpc) is 2.55. The first-order valence-electron chi connectivity index (χ1n) is 8.69. The Morgan fingerprint density at radius 3 is 2.54 bits per heavy atom. The summed E-state index contributed by atoms with van der Waals surface area (Å²) in [6.45, 7) is 9.59. The molecule has 0 fully saturated rings. The molecule has 0 bridgehead atoms. The monoisotopic (exact) mass is 380 g/mol. The quantitative estimate of drug-likeness (QED) is 0.732. The second-order valence-electron chi connectivity index (χ2n) is 6.58. The molecule has 7 heteroatoms. The lowest BCUT2D eigenvalue weighted by atomic mass is 9.91. The Hall–Kier alpha value is -2.21. The first kappa shape index (κ1) is 20.1. The zero-order valence-electron chi connectivity index (χ0n) is 15.7. The van der Waals surface area contributed by atoms with Crippen molar-refractivity contribution in [1.82, 2.24) is 10.6 Å². The number of rotatable bonds is 6. The van der Waals surface area contributed by atoms with Gasteiger partial charge in [0.15, 0.2) is 0 Å². The molecular weight excluding hydrogens is 356 g/mol. The van der Waals surface area contributed by atoms with Gasteiger partial charge in [-0.25, -0.2) is 9.59 Å². The predicted octanol–water partition coefficient (Wildman–Crippen LogP) is 3.95. The molecule has 26 heavy (non-hydrogen) atoms. The van der Waals surface area contributed by atoms with Gasteiger partial charge in [0.2, 0.25) is 0 Å². The van der Waals surface area contributed by atoms with Crippen LogP contribution in [0.2, 0.25) is 5.02 Å². The van der Waals surface area contributed by atoms with Gasteiger partial charge in [0.1, 0.15) is 5.75 Å². The molecule has 0 saturated carbocycles. The van der Waals surface area contributed by atoms with E-state index in [-0.39, 0.29) is 24.7 Å². The second-order valence-corrected chi connectivity index (χ2v) is 7.02. The number of hydrogen-bond acceptors (Lipinski definition) is 4. The van der Waals surface area contributed by atoms with E-state index in [1.54, 1.807) is 25.1 Å². The number of halogens is 1. The molecule has 1 unspecified atom stereocenters. The Morgan fingerprint density at radius 2 is 1.96 bits per heavy atom. The minimum absolute atomic E-state index is 0.0726. The van der Waals surface area contributed by atoms with Crippen molar-refractivity contribution in [2.24, 2.45) is 5.92 Å². The summed E-state index contributed by atoms with van der Waals surface area (Å²) in [6, 6.07) is 4.05. The van der Waals surface area contributed by atoms with Crippen LogP contribution >= 0.6 is 11.6 Å². The summed E-state index contributed by atoms with van der Waals surface area (Å²) in [4.78, 5) is 24.9. The Bertz CT molecular complexity index is 728. The van der Waals surface area contributed by atoms with E-state index in [4.69, 9.17) is 21.1 Å². The van der Waals surface area contributed by atoms with Gasteiger partial charge in [0.25, 0.3) is 0 Å². The van der Waals surface area contributed by atoms with Gasteiger partial charge in [-0.1, -0.05) is 25.4 Å². The fourth-order valence-corrected chi connectivity index (χ4v) is 3.00. The zero-order valence-corrected chi connectivity index (χ0v) is 16.4. The number of ether oxygens (including phenoxy) is 2. The molecule has 6 nitrogen and oxygen atoms in total. The van der Waals surface area contributed by atoms with Crippen LogP contribution in [0.3, 0.4) is 0 Å². The smallest absolute Gasteiger partial charge is 0.338 e. The molecule has 2 rings (SSSR count). The summed E-state index contributed by atoms with van der Waals surface area (Å²) < 4.78 is 11.1. The van der Waals surface area contributed by atoms with Gasteiger partial charge in [-0.3, -0.25) is 0 Å². The van der Waals surface area contributed by atoms with Crippen LogP contribution in [0.1, 0.15) is 46.2 Å². The molecule has 0 saturated heterocycles. The maximum absolute atomic E-state index is 12.7. The third-order valence-corrected chi connectivity index (χ3v) is 4.06.